The van der Waals surface area contributed by atoms with Crippen molar-refractivity contribution >= 4 is 11.0 Å². The molecule has 1 atom stereocenters. The molecule has 5 rings (SSSR count). The number of fused-ring (bicyclic) bond motifs is 2. The molecule has 0 saturated heterocycles. The van der Waals surface area contributed by atoms with Gasteiger partial charge in [-0.2, -0.15) is 0 Å². The van der Waals surface area contributed by atoms with E-state index in [0.717, 1.165) is 29.6 Å². The molecule has 1 aliphatic heterocycles. The molecule has 0 amide bonds. The molecule has 2 aromatic carbocycles. The van der Waals surface area contributed by atoms with Crippen LogP contribution >= 0.6 is 0 Å². The highest BCUT2D eigenvalue weighted by Gasteiger charge is 2.29. The zero-order chi connectivity index (χ0) is 19.1. The fraction of sp³-hybridized carbons (Fsp3) is 0.208. The van der Waals surface area contributed by atoms with Crippen LogP contribution < -0.4 is 5.63 Å². The molecule has 0 spiro atoms. The van der Waals surface area contributed by atoms with Gasteiger partial charge in [0, 0.05) is 43.0 Å². The second kappa shape index (κ2) is 6.80. The highest BCUT2D eigenvalue weighted by Crippen LogP contribution is 2.34. The van der Waals surface area contributed by atoms with Crippen molar-refractivity contribution in [2.45, 2.75) is 26.1 Å². The number of hydrogen-bond acceptors (Lipinski definition) is 3. The predicted octanol–water partition coefficient (Wildman–Crippen LogP) is 4.51. The van der Waals surface area contributed by atoms with Crippen LogP contribution in [0, 0.1) is 6.92 Å². The molecule has 1 aliphatic rings. The highest BCUT2D eigenvalue weighted by atomic mass is 16.4. The summed E-state index contributed by atoms with van der Waals surface area (Å²) < 4.78 is 7.78. The van der Waals surface area contributed by atoms with E-state index in [2.05, 4.69) is 64.2 Å². The summed E-state index contributed by atoms with van der Waals surface area (Å²) in [5.74, 6) is 0. The van der Waals surface area contributed by atoms with Crippen LogP contribution in [-0.4, -0.2) is 16.0 Å². The number of aryl methyl sites for hydroxylation is 1. The Labute approximate surface area is 163 Å². The topological polar surface area (TPSA) is 38.4 Å². The van der Waals surface area contributed by atoms with Crippen LogP contribution in [0.2, 0.25) is 0 Å². The summed E-state index contributed by atoms with van der Waals surface area (Å²) in [5.41, 5.74) is 5.05. The van der Waals surface area contributed by atoms with Crippen LogP contribution in [0.15, 0.2) is 82.1 Å². The Morgan fingerprint density at radius 2 is 1.86 bits per heavy atom. The summed E-state index contributed by atoms with van der Waals surface area (Å²) in [4.78, 5) is 14.6. The van der Waals surface area contributed by atoms with Crippen molar-refractivity contribution in [3.8, 4) is 0 Å². The summed E-state index contributed by atoms with van der Waals surface area (Å²) >= 11 is 0. The zero-order valence-corrected chi connectivity index (χ0v) is 15.8. The van der Waals surface area contributed by atoms with E-state index in [1.165, 1.54) is 11.3 Å². The molecule has 4 aromatic rings. The maximum absolute atomic E-state index is 12.2. The van der Waals surface area contributed by atoms with Gasteiger partial charge in [-0.1, -0.05) is 42.5 Å². The van der Waals surface area contributed by atoms with E-state index < -0.39 is 0 Å². The molecule has 0 fully saturated rings. The molecular formula is C24H22N2O2. The van der Waals surface area contributed by atoms with Crippen LogP contribution in [0.3, 0.4) is 0 Å². The van der Waals surface area contributed by atoms with E-state index in [0.29, 0.717) is 12.1 Å². The Bertz CT molecular complexity index is 1190. The molecule has 0 radical (unpaired) electrons. The smallest absolute Gasteiger partial charge is 0.336 e. The first-order valence-electron chi connectivity index (χ1n) is 9.66. The number of benzene rings is 2. The van der Waals surface area contributed by atoms with Gasteiger partial charge in [-0.25, -0.2) is 4.79 Å². The van der Waals surface area contributed by atoms with Crippen LogP contribution in [0.25, 0.3) is 11.0 Å². The van der Waals surface area contributed by atoms with Crippen molar-refractivity contribution in [2.24, 2.45) is 0 Å². The molecule has 0 aliphatic carbocycles. The van der Waals surface area contributed by atoms with E-state index in [4.69, 9.17) is 4.42 Å². The molecule has 4 nitrogen and oxygen atoms in total. The van der Waals surface area contributed by atoms with Crippen molar-refractivity contribution in [1.29, 1.82) is 0 Å². The quantitative estimate of drug-likeness (QED) is 0.498. The second-order valence-corrected chi connectivity index (χ2v) is 7.50. The average molecular weight is 370 g/mol. The predicted molar refractivity (Wildman–Crippen MR) is 110 cm³/mol. The first-order chi connectivity index (χ1) is 13.7. The molecule has 0 N–H and O–H groups in total. The molecule has 0 saturated carbocycles. The van der Waals surface area contributed by atoms with Gasteiger partial charge in [-0.05, 0) is 41.8 Å². The van der Waals surface area contributed by atoms with Gasteiger partial charge >= 0.3 is 5.63 Å². The zero-order valence-electron chi connectivity index (χ0n) is 15.8. The Balaban J connectivity index is 1.60. The van der Waals surface area contributed by atoms with Gasteiger partial charge in [0.2, 0.25) is 0 Å². The van der Waals surface area contributed by atoms with E-state index >= 15 is 0 Å². The lowest BCUT2D eigenvalue weighted by atomic mass is 9.98. The van der Waals surface area contributed by atoms with Gasteiger partial charge in [0.15, 0.2) is 0 Å². The van der Waals surface area contributed by atoms with Crippen molar-refractivity contribution in [1.82, 2.24) is 9.47 Å². The summed E-state index contributed by atoms with van der Waals surface area (Å²) in [5, 5.41) is 1.01. The molecule has 0 unspecified atom stereocenters. The summed E-state index contributed by atoms with van der Waals surface area (Å²) in [6.45, 7) is 4.59. The lowest BCUT2D eigenvalue weighted by Crippen LogP contribution is -2.38. The normalized spacial score (nSPS) is 17.0. The van der Waals surface area contributed by atoms with Crippen LogP contribution in [0.5, 0.6) is 0 Å². The summed E-state index contributed by atoms with van der Waals surface area (Å²) in [6.07, 6.45) is 2.15. The first-order valence-corrected chi connectivity index (χ1v) is 9.66. The van der Waals surface area contributed by atoms with E-state index in [1.54, 1.807) is 6.07 Å². The maximum Gasteiger partial charge on any atom is 0.336 e. The molecule has 3 heterocycles. The van der Waals surface area contributed by atoms with Crippen molar-refractivity contribution in [3.63, 3.8) is 0 Å². The summed E-state index contributed by atoms with van der Waals surface area (Å²) in [7, 11) is 0. The lowest BCUT2D eigenvalue weighted by Gasteiger charge is -2.37. The minimum atomic E-state index is -0.287. The SMILES string of the molecule is Cc1ccc2c(CN3CCn4cccc4[C@@H]3c3ccccc3)cc(=O)oc2c1. The van der Waals surface area contributed by atoms with E-state index in [1.807, 2.05) is 19.1 Å². The van der Waals surface area contributed by atoms with Crippen LogP contribution in [0.4, 0.5) is 0 Å². The van der Waals surface area contributed by atoms with Gasteiger partial charge in [-0.3, -0.25) is 4.90 Å². The standard InChI is InChI=1S/C24H22N2O2/c1-17-9-10-20-19(15-23(27)28-22(20)14-17)16-26-13-12-25-11-5-8-21(25)24(26)18-6-3-2-4-7-18/h2-11,14-15,24H,12-13,16H2,1H3/t24-/m0/s1. The monoisotopic (exact) mass is 370 g/mol. The maximum atomic E-state index is 12.2. The van der Waals surface area contributed by atoms with Gasteiger partial charge < -0.3 is 8.98 Å². The number of rotatable bonds is 3. The molecular weight excluding hydrogens is 348 g/mol. The summed E-state index contributed by atoms with van der Waals surface area (Å²) in [6, 6.07) is 22.8. The fourth-order valence-corrected chi connectivity index (χ4v) is 4.31. The number of nitrogens with zero attached hydrogens (tertiary/aromatic N) is 2. The third-order valence-corrected chi connectivity index (χ3v) is 5.61. The van der Waals surface area contributed by atoms with Crippen molar-refractivity contribution < 1.29 is 4.42 Å². The van der Waals surface area contributed by atoms with E-state index in [-0.39, 0.29) is 11.7 Å². The van der Waals surface area contributed by atoms with Crippen molar-refractivity contribution in [2.75, 3.05) is 6.54 Å². The van der Waals surface area contributed by atoms with E-state index in [9.17, 15) is 4.79 Å². The van der Waals surface area contributed by atoms with Gasteiger partial charge in [0.1, 0.15) is 5.58 Å². The minimum absolute atomic E-state index is 0.165. The van der Waals surface area contributed by atoms with Crippen molar-refractivity contribution in [3.05, 3.63) is 106 Å². The second-order valence-electron chi connectivity index (χ2n) is 7.50. The number of aromatic nitrogens is 1. The Morgan fingerprint density at radius 3 is 2.71 bits per heavy atom. The van der Waals surface area contributed by atoms with Crippen LogP contribution in [0.1, 0.15) is 28.4 Å². The molecule has 140 valence electrons. The largest absolute Gasteiger partial charge is 0.423 e. The van der Waals surface area contributed by atoms with Gasteiger partial charge in [-0.15, -0.1) is 0 Å². The average Bonchev–Trinajstić information content (AvgIpc) is 3.16. The van der Waals surface area contributed by atoms with Gasteiger partial charge in [0.05, 0.1) is 6.04 Å². The highest BCUT2D eigenvalue weighted by molar-refractivity contribution is 5.80. The Morgan fingerprint density at radius 1 is 1.00 bits per heavy atom. The fourth-order valence-electron chi connectivity index (χ4n) is 4.31. The molecule has 2 aromatic heterocycles. The Hall–Kier alpha value is -3.11. The minimum Gasteiger partial charge on any atom is -0.423 e. The third kappa shape index (κ3) is 2.96. The van der Waals surface area contributed by atoms with Crippen LogP contribution in [-0.2, 0) is 13.1 Å². The number of hydrogen-bond donors (Lipinski definition) is 0. The third-order valence-electron chi connectivity index (χ3n) is 5.61. The van der Waals surface area contributed by atoms with Gasteiger partial charge in [0.25, 0.3) is 0 Å². The molecule has 4 heteroatoms. The molecule has 28 heavy (non-hydrogen) atoms. The Kier molecular flexibility index (Phi) is 4.14. The lowest BCUT2D eigenvalue weighted by molar-refractivity contribution is 0.175. The molecule has 0 bridgehead atoms. The first kappa shape index (κ1) is 17.0.